The second-order valence-electron chi connectivity index (χ2n) is 4.65. The van der Waals surface area contributed by atoms with E-state index in [2.05, 4.69) is 0 Å². The van der Waals surface area contributed by atoms with Crippen LogP contribution in [0.2, 0.25) is 0 Å². The molecular weight excluding hydrogens is 172 g/mol. The van der Waals surface area contributed by atoms with Gasteiger partial charge in [-0.05, 0) is 18.3 Å². The topological polar surface area (TPSA) is 34.1 Å². The third kappa shape index (κ3) is 1.18. The highest BCUT2D eigenvalue weighted by atomic mass is 32.2. The van der Waals surface area contributed by atoms with Crippen molar-refractivity contribution in [3.8, 4) is 0 Å². The molecule has 0 bridgehead atoms. The van der Waals surface area contributed by atoms with Crippen molar-refractivity contribution in [3.05, 3.63) is 0 Å². The zero-order valence-corrected chi connectivity index (χ0v) is 9.16. The molecule has 1 aliphatic rings. The first-order valence-corrected chi connectivity index (χ1v) is 6.14. The van der Waals surface area contributed by atoms with Crippen LogP contribution in [0.3, 0.4) is 0 Å². The first-order valence-electron chi connectivity index (χ1n) is 4.49. The van der Waals surface area contributed by atoms with E-state index < -0.39 is 14.6 Å². The molecule has 72 valence electrons. The molecule has 0 atom stereocenters. The molecule has 2 nitrogen and oxygen atoms in total. The fraction of sp³-hybridized carbons (Fsp3) is 1.00. The van der Waals surface area contributed by atoms with Crippen LogP contribution in [0.4, 0.5) is 0 Å². The molecule has 12 heavy (non-hydrogen) atoms. The highest BCUT2D eigenvalue weighted by Crippen LogP contribution is 2.55. The van der Waals surface area contributed by atoms with Crippen molar-refractivity contribution in [2.75, 3.05) is 5.75 Å². The Morgan fingerprint density at radius 3 is 1.75 bits per heavy atom. The minimum absolute atomic E-state index is 0.0954. The smallest absolute Gasteiger partial charge is 0.156 e. The fourth-order valence-corrected chi connectivity index (χ4v) is 4.13. The molecule has 0 aliphatic heterocycles. The number of sulfone groups is 1. The van der Waals surface area contributed by atoms with E-state index in [0.29, 0.717) is 0 Å². The molecule has 0 N–H and O–H groups in total. The largest absolute Gasteiger partial charge is 0.228 e. The minimum Gasteiger partial charge on any atom is -0.228 e. The van der Waals surface area contributed by atoms with Gasteiger partial charge in [0.2, 0.25) is 0 Å². The summed E-state index contributed by atoms with van der Waals surface area (Å²) in [5.41, 5.74) is -0.0954. The molecule has 1 aliphatic carbocycles. The van der Waals surface area contributed by atoms with Gasteiger partial charge in [0.15, 0.2) is 9.84 Å². The van der Waals surface area contributed by atoms with Gasteiger partial charge in [0.1, 0.15) is 0 Å². The first kappa shape index (κ1) is 10.0. The number of hydrogen-bond donors (Lipinski definition) is 0. The summed E-state index contributed by atoms with van der Waals surface area (Å²) in [4.78, 5) is 0. The third-order valence-corrected chi connectivity index (χ3v) is 6.02. The second kappa shape index (κ2) is 2.47. The standard InChI is InChI=1S/C9H18O2S/c1-5-12(10,11)9(6-7-9)8(2,3)4/h5-7H2,1-4H3. The predicted molar refractivity (Wildman–Crippen MR) is 50.9 cm³/mol. The molecule has 1 fully saturated rings. The van der Waals surface area contributed by atoms with E-state index in [1.165, 1.54) is 0 Å². The summed E-state index contributed by atoms with van der Waals surface area (Å²) >= 11 is 0. The van der Waals surface area contributed by atoms with E-state index >= 15 is 0 Å². The van der Waals surface area contributed by atoms with Crippen LogP contribution >= 0.6 is 0 Å². The molecule has 0 aromatic heterocycles. The van der Waals surface area contributed by atoms with Crippen molar-refractivity contribution in [2.24, 2.45) is 5.41 Å². The lowest BCUT2D eigenvalue weighted by molar-refractivity contribution is 0.362. The summed E-state index contributed by atoms with van der Waals surface area (Å²) in [6.45, 7) is 7.80. The van der Waals surface area contributed by atoms with Crippen LogP contribution in [0.5, 0.6) is 0 Å². The van der Waals surface area contributed by atoms with E-state index in [0.717, 1.165) is 12.8 Å². The summed E-state index contributed by atoms with van der Waals surface area (Å²) in [6, 6.07) is 0. The van der Waals surface area contributed by atoms with Gasteiger partial charge < -0.3 is 0 Å². The SMILES string of the molecule is CCS(=O)(=O)C1(C(C)(C)C)CC1. The van der Waals surface area contributed by atoms with Crippen molar-refractivity contribution in [2.45, 2.75) is 45.3 Å². The Balaban J connectivity index is 3.04. The van der Waals surface area contributed by atoms with Crippen LogP contribution in [-0.2, 0) is 9.84 Å². The number of rotatable bonds is 2. The molecule has 3 heteroatoms. The zero-order chi connectivity index (χ0) is 9.62. The molecule has 0 heterocycles. The van der Waals surface area contributed by atoms with Crippen LogP contribution in [0.25, 0.3) is 0 Å². The average Bonchev–Trinajstić information content (AvgIpc) is 2.63. The van der Waals surface area contributed by atoms with Crippen LogP contribution in [0.15, 0.2) is 0 Å². The number of hydrogen-bond acceptors (Lipinski definition) is 2. The summed E-state index contributed by atoms with van der Waals surface area (Å²) in [5, 5.41) is 0. The molecule has 1 rings (SSSR count). The maximum atomic E-state index is 11.7. The Morgan fingerprint density at radius 1 is 1.25 bits per heavy atom. The highest BCUT2D eigenvalue weighted by Gasteiger charge is 2.60. The Labute approximate surface area is 75.3 Å². The van der Waals surface area contributed by atoms with Crippen molar-refractivity contribution >= 4 is 9.84 Å². The molecule has 0 saturated heterocycles. The summed E-state index contributed by atoms with van der Waals surface area (Å²) in [5.74, 6) is 0.282. The van der Waals surface area contributed by atoms with Crippen molar-refractivity contribution in [1.29, 1.82) is 0 Å². The van der Waals surface area contributed by atoms with Crippen molar-refractivity contribution < 1.29 is 8.42 Å². The van der Waals surface area contributed by atoms with Crippen molar-refractivity contribution in [3.63, 3.8) is 0 Å². The van der Waals surface area contributed by atoms with E-state index in [-0.39, 0.29) is 11.2 Å². The second-order valence-corrected chi connectivity index (χ2v) is 7.24. The van der Waals surface area contributed by atoms with Gasteiger partial charge in [-0.25, -0.2) is 8.42 Å². The lowest BCUT2D eigenvalue weighted by Gasteiger charge is -2.29. The van der Waals surface area contributed by atoms with E-state index in [4.69, 9.17) is 0 Å². The Kier molecular flexibility index (Phi) is 2.07. The molecule has 0 spiro atoms. The first-order chi connectivity index (χ1) is 5.27. The van der Waals surface area contributed by atoms with Gasteiger partial charge in [-0.3, -0.25) is 0 Å². The Morgan fingerprint density at radius 2 is 1.67 bits per heavy atom. The van der Waals surface area contributed by atoms with Crippen LogP contribution in [0, 0.1) is 5.41 Å². The fourth-order valence-electron chi connectivity index (χ4n) is 1.92. The van der Waals surface area contributed by atoms with Crippen molar-refractivity contribution in [1.82, 2.24) is 0 Å². The van der Waals surface area contributed by atoms with Gasteiger partial charge in [0, 0.05) is 5.75 Å². The minimum atomic E-state index is -2.84. The Bertz CT molecular complexity index is 265. The van der Waals surface area contributed by atoms with Crippen LogP contribution in [-0.4, -0.2) is 18.9 Å². The summed E-state index contributed by atoms with van der Waals surface area (Å²) in [6.07, 6.45) is 1.71. The molecule has 0 unspecified atom stereocenters. The molecule has 0 aromatic carbocycles. The van der Waals surface area contributed by atoms with Crippen LogP contribution < -0.4 is 0 Å². The zero-order valence-electron chi connectivity index (χ0n) is 8.35. The lowest BCUT2D eigenvalue weighted by atomic mass is 9.90. The quantitative estimate of drug-likeness (QED) is 0.667. The predicted octanol–water partition coefficient (Wildman–Crippen LogP) is 2.00. The van der Waals surface area contributed by atoms with E-state index in [1.54, 1.807) is 6.92 Å². The molecule has 0 amide bonds. The van der Waals surface area contributed by atoms with Gasteiger partial charge in [0.05, 0.1) is 4.75 Å². The summed E-state index contributed by atoms with van der Waals surface area (Å²) in [7, 11) is -2.84. The van der Waals surface area contributed by atoms with Gasteiger partial charge in [-0.2, -0.15) is 0 Å². The van der Waals surface area contributed by atoms with Gasteiger partial charge >= 0.3 is 0 Å². The average molecular weight is 190 g/mol. The molecule has 0 radical (unpaired) electrons. The molecular formula is C9H18O2S. The summed E-state index contributed by atoms with van der Waals surface area (Å²) < 4.78 is 23.1. The molecule has 1 saturated carbocycles. The monoisotopic (exact) mass is 190 g/mol. The maximum Gasteiger partial charge on any atom is 0.156 e. The maximum absolute atomic E-state index is 11.7. The normalized spacial score (nSPS) is 22.3. The highest BCUT2D eigenvalue weighted by molar-refractivity contribution is 7.93. The molecule has 0 aromatic rings. The van der Waals surface area contributed by atoms with Crippen LogP contribution in [0.1, 0.15) is 40.5 Å². The van der Waals surface area contributed by atoms with Gasteiger partial charge in [-0.1, -0.05) is 27.7 Å². The third-order valence-electron chi connectivity index (χ3n) is 3.05. The van der Waals surface area contributed by atoms with E-state index in [9.17, 15) is 8.42 Å². The Hall–Kier alpha value is -0.0500. The van der Waals surface area contributed by atoms with E-state index in [1.807, 2.05) is 20.8 Å². The van der Waals surface area contributed by atoms with Gasteiger partial charge in [-0.15, -0.1) is 0 Å². The van der Waals surface area contributed by atoms with Gasteiger partial charge in [0.25, 0.3) is 0 Å². The lowest BCUT2D eigenvalue weighted by Crippen LogP contribution is -2.37.